The summed E-state index contributed by atoms with van der Waals surface area (Å²) in [5, 5.41) is 4.49. The largest absolute Gasteiger partial charge is 0.316 e. The fourth-order valence-electron chi connectivity index (χ4n) is 5.89. The fraction of sp³-hybridized carbons (Fsp3) is 0.520. The van der Waals surface area contributed by atoms with E-state index in [4.69, 9.17) is 11.6 Å². The number of benzene rings is 2. The highest BCUT2D eigenvalue weighted by Crippen LogP contribution is 2.46. The summed E-state index contributed by atoms with van der Waals surface area (Å²) < 4.78 is 0.986. The first-order valence-electron chi connectivity index (χ1n) is 11.1. The number of piperidine rings is 1. The molecule has 2 nitrogen and oxygen atoms in total. The lowest BCUT2D eigenvalue weighted by atomic mass is 9.73. The van der Waals surface area contributed by atoms with Gasteiger partial charge in [-0.25, -0.2) is 0 Å². The van der Waals surface area contributed by atoms with Crippen molar-refractivity contribution in [3.63, 3.8) is 0 Å². The van der Waals surface area contributed by atoms with Gasteiger partial charge in [-0.3, -0.25) is 4.90 Å². The van der Waals surface area contributed by atoms with Gasteiger partial charge in [-0.05, 0) is 103 Å². The lowest BCUT2D eigenvalue weighted by Crippen LogP contribution is -2.56. The molecule has 3 aliphatic rings. The van der Waals surface area contributed by atoms with Gasteiger partial charge in [0.25, 0.3) is 0 Å². The van der Waals surface area contributed by atoms with Crippen molar-refractivity contribution >= 4 is 27.5 Å². The molecule has 0 aromatic heterocycles. The molecule has 3 fully saturated rings. The van der Waals surface area contributed by atoms with Crippen LogP contribution in [-0.4, -0.2) is 30.1 Å². The number of nitrogens with one attached hydrogen (secondary N) is 1. The Kier molecular flexibility index (Phi) is 5.77. The summed E-state index contributed by atoms with van der Waals surface area (Å²) in [6.45, 7) is 5.57. The second-order valence-electron chi connectivity index (χ2n) is 9.40. The van der Waals surface area contributed by atoms with Gasteiger partial charge < -0.3 is 5.32 Å². The Morgan fingerprint density at radius 1 is 1.03 bits per heavy atom. The number of rotatable bonds is 5. The molecule has 0 spiro atoms. The summed E-state index contributed by atoms with van der Waals surface area (Å²) in [5.41, 5.74) is 4.21. The van der Waals surface area contributed by atoms with Gasteiger partial charge in [-0.2, -0.15) is 0 Å². The Morgan fingerprint density at radius 2 is 1.72 bits per heavy atom. The standard InChI is InChI=1S/C25H30BrClN2/c1-16-2-5-18(6-3-16)21-11-22(12-21)29(15-17-4-9-23(26)24(27)10-17)25-19-7-8-20(25)14-28-13-19/h2-6,9-10,19-22,25,28H,7-8,11-15H2,1H3. The summed E-state index contributed by atoms with van der Waals surface area (Å²) in [6.07, 6.45) is 5.34. The van der Waals surface area contributed by atoms with Gasteiger partial charge in [0.2, 0.25) is 0 Å². The monoisotopic (exact) mass is 472 g/mol. The fourth-order valence-corrected chi connectivity index (χ4v) is 6.34. The molecule has 1 saturated heterocycles. The van der Waals surface area contributed by atoms with Gasteiger partial charge >= 0.3 is 0 Å². The van der Waals surface area contributed by atoms with Crippen LogP contribution in [0.3, 0.4) is 0 Å². The van der Waals surface area contributed by atoms with Crippen molar-refractivity contribution < 1.29 is 0 Å². The van der Waals surface area contributed by atoms with Crippen LogP contribution in [0.4, 0.5) is 0 Å². The van der Waals surface area contributed by atoms with E-state index >= 15 is 0 Å². The second-order valence-corrected chi connectivity index (χ2v) is 10.7. The Bertz CT molecular complexity index is 846. The van der Waals surface area contributed by atoms with Gasteiger partial charge in [0, 0.05) is 23.1 Å². The molecule has 1 heterocycles. The zero-order valence-electron chi connectivity index (χ0n) is 17.1. The van der Waals surface area contributed by atoms with Crippen molar-refractivity contribution in [1.29, 1.82) is 0 Å². The van der Waals surface area contributed by atoms with E-state index < -0.39 is 0 Å². The molecule has 4 heteroatoms. The maximum absolute atomic E-state index is 6.42. The zero-order chi connectivity index (χ0) is 20.0. The lowest BCUT2D eigenvalue weighted by Gasteiger charge is -2.50. The number of nitrogens with zero attached hydrogens (tertiary/aromatic N) is 1. The Labute approximate surface area is 188 Å². The number of hydrogen-bond donors (Lipinski definition) is 1. The minimum absolute atomic E-state index is 0.690. The van der Waals surface area contributed by atoms with Crippen LogP contribution >= 0.6 is 27.5 Å². The zero-order valence-corrected chi connectivity index (χ0v) is 19.4. The smallest absolute Gasteiger partial charge is 0.0551 e. The van der Waals surface area contributed by atoms with Crippen molar-refractivity contribution in [1.82, 2.24) is 10.2 Å². The van der Waals surface area contributed by atoms with Gasteiger partial charge in [0.15, 0.2) is 0 Å². The van der Waals surface area contributed by atoms with Crippen molar-refractivity contribution in [2.24, 2.45) is 11.8 Å². The van der Waals surface area contributed by atoms with Gasteiger partial charge in [0.05, 0.1) is 5.02 Å². The Hall–Kier alpha value is -0.870. The topological polar surface area (TPSA) is 15.3 Å². The summed E-state index contributed by atoms with van der Waals surface area (Å²) in [4.78, 5) is 2.87. The van der Waals surface area contributed by atoms with Crippen LogP contribution in [0.5, 0.6) is 0 Å². The van der Waals surface area contributed by atoms with E-state index in [9.17, 15) is 0 Å². The van der Waals surface area contributed by atoms with Gasteiger partial charge in [0.1, 0.15) is 0 Å². The maximum atomic E-state index is 6.42. The van der Waals surface area contributed by atoms with E-state index in [1.165, 1.54) is 55.5 Å². The lowest BCUT2D eigenvalue weighted by molar-refractivity contribution is 0.0116. The predicted molar refractivity (Wildman–Crippen MR) is 125 cm³/mol. The van der Waals surface area contributed by atoms with Crippen LogP contribution < -0.4 is 5.32 Å². The number of halogens is 2. The van der Waals surface area contributed by atoms with E-state index in [0.717, 1.165) is 39.8 Å². The molecule has 2 aromatic rings. The average molecular weight is 474 g/mol. The molecule has 1 aliphatic heterocycles. The summed E-state index contributed by atoms with van der Waals surface area (Å²) in [5.74, 6) is 2.33. The third-order valence-electron chi connectivity index (χ3n) is 7.55. The van der Waals surface area contributed by atoms with Crippen molar-refractivity contribution in [2.75, 3.05) is 13.1 Å². The summed E-state index contributed by atoms with van der Waals surface area (Å²) in [7, 11) is 0. The van der Waals surface area contributed by atoms with Crippen LogP contribution in [0, 0.1) is 18.8 Å². The van der Waals surface area contributed by atoms with E-state index in [2.05, 4.69) is 75.5 Å². The first kappa shape index (κ1) is 20.1. The molecule has 29 heavy (non-hydrogen) atoms. The van der Waals surface area contributed by atoms with Crippen LogP contribution in [-0.2, 0) is 6.54 Å². The van der Waals surface area contributed by atoms with Crippen LogP contribution in [0.1, 0.15) is 48.3 Å². The van der Waals surface area contributed by atoms with Crippen molar-refractivity contribution in [2.45, 2.75) is 57.2 Å². The third-order valence-corrected chi connectivity index (χ3v) is 8.78. The molecule has 2 aliphatic carbocycles. The van der Waals surface area contributed by atoms with Crippen LogP contribution in [0.15, 0.2) is 46.9 Å². The highest BCUT2D eigenvalue weighted by atomic mass is 79.9. The molecule has 1 N–H and O–H groups in total. The average Bonchev–Trinajstić information content (AvgIpc) is 2.92. The molecule has 2 unspecified atom stereocenters. The highest BCUT2D eigenvalue weighted by molar-refractivity contribution is 9.10. The normalized spacial score (nSPS) is 31.1. The molecule has 5 rings (SSSR count). The molecule has 2 bridgehead atoms. The molecule has 154 valence electrons. The quantitative estimate of drug-likeness (QED) is 0.559. The Morgan fingerprint density at radius 3 is 2.38 bits per heavy atom. The minimum atomic E-state index is 0.690. The minimum Gasteiger partial charge on any atom is -0.316 e. The number of aryl methyl sites for hydroxylation is 1. The Balaban J connectivity index is 1.36. The number of hydrogen-bond acceptors (Lipinski definition) is 2. The van der Waals surface area contributed by atoms with E-state index in [1.807, 2.05) is 0 Å². The molecule has 0 amide bonds. The van der Waals surface area contributed by atoms with Crippen LogP contribution in [0.25, 0.3) is 0 Å². The van der Waals surface area contributed by atoms with Gasteiger partial charge in [-0.1, -0.05) is 47.5 Å². The molecular formula is C25H30BrClN2. The molecule has 2 saturated carbocycles. The van der Waals surface area contributed by atoms with Crippen molar-refractivity contribution in [3.8, 4) is 0 Å². The molecule has 0 radical (unpaired) electrons. The highest BCUT2D eigenvalue weighted by Gasteiger charge is 2.46. The summed E-state index contributed by atoms with van der Waals surface area (Å²) in [6, 6.07) is 17.1. The molecule has 2 atom stereocenters. The van der Waals surface area contributed by atoms with Gasteiger partial charge in [-0.15, -0.1) is 0 Å². The first-order chi connectivity index (χ1) is 14.1. The first-order valence-corrected chi connectivity index (χ1v) is 12.2. The molecule has 2 aromatic carbocycles. The SMILES string of the molecule is Cc1ccc(C2CC(N(Cc3ccc(Br)c(Cl)c3)C3C4CCC3CNC4)C2)cc1. The van der Waals surface area contributed by atoms with E-state index in [0.29, 0.717) is 6.04 Å². The maximum Gasteiger partial charge on any atom is 0.0551 e. The second kappa shape index (κ2) is 8.34. The van der Waals surface area contributed by atoms with E-state index in [-0.39, 0.29) is 0 Å². The number of fused-ring (bicyclic) bond motifs is 2. The predicted octanol–water partition coefficient (Wildman–Crippen LogP) is 6.16. The van der Waals surface area contributed by atoms with Crippen molar-refractivity contribution in [3.05, 3.63) is 68.7 Å². The molecular weight excluding hydrogens is 444 g/mol. The van der Waals surface area contributed by atoms with Crippen LogP contribution in [0.2, 0.25) is 5.02 Å². The summed E-state index contributed by atoms with van der Waals surface area (Å²) >= 11 is 9.96. The third kappa shape index (κ3) is 4.04. The van der Waals surface area contributed by atoms with E-state index in [1.54, 1.807) is 0 Å².